The van der Waals surface area contributed by atoms with E-state index < -0.39 is 18.4 Å². The van der Waals surface area contributed by atoms with E-state index in [-0.39, 0.29) is 41.9 Å². The van der Waals surface area contributed by atoms with Gasteiger partial charge >= 0.3 is 0 Å². The molecule has 2 N–H and O–H groups in total. The van der Waals surface area contributed by atoms with Gasteiger partial charge in [0.1, 0.15) is 36.0 Å². The maximum atomic E-state index is 13.0. The van der Waals surface area contributed by atoms with E-state index in [1.54, 1.807) is 4.57 Å². The summed E-state index contributed by atoms with van der Waals surface area (Å²) in [6.07, 6.45) is 0.212. The number of allylic oxidation sites excluding steroid dienone is 2. The van der Waals surface area contributed by atoms with Crippen LogP contribution in [0.15, 0.2) is 36.0 Å². The Morgan fingerprint density at radius 1 is 1.25 bits per heavy atom. The van der Waals surface area contributed by atoms with Crippen molar-refractivity contribution in [3.8, 4) is 0 Å². The number of carbonyl (C=O) groups excluding carboxylic acids is 2. The maximum Gasteiger partial charge on any atom is 0.230 e. The lowest BCUT2D eigenvalue weighted by atomic mass is 10.0. The van der Waals surface area contributed by atoms with Crippen LogP contribution in [-0.2, 0) is 22.5 Å². The Morgan fingerprint density at radius 2 is 2.04 bits per heavy atom. The van der Waals surface area contributed by atoms with E-state index in [9.17, 15) is 14.7 Å². The zero-order valence-corrected chi connectivity index (χ0v) is 15.2. The lowest BCUT2D eigenvalue weighted by Crippen LogP contribution is -2.37. The molecule has 1 saturated heterocycles. The van der Waals surface area contributed by atoms with E-state index in [0.29, 0.717) is 5.82 Å². The lowest BCUT2D eigenvalue weighted by Gasteiger charge is -2.29. The first kappa shape index (κ1) is 17.3. The number of imidazole rings is 1. The molecular formula is C20H19N3O5. The summed E-state index contributed by atoms with van der Waals surface area (Å²) in [5.74, 6) is -0.234. The zero-order valence-electron chi connectivity index (χ0n) is 15.2. The summed E-state index contributed by atoms with van der Waals surface area (Å²) >= 11 is 0. The molecule has 0 unspecified atom stereocenters. The fourth-order valence-electron chi connectivity index (χ4n) is 3.88. The number of rotatable bonds is 3. The Morgan fingerprint density at radius 3 is 2.79 bits per heavy atom. The van der Waals surface area contributed by atoms with Crippen LogP contribution >= 0.6 is 0 Å². The summed E-state index contributed by atoms with van der Waals surface area (Å²) in [5, 5.41) is 13.0. The number of hydrogen-bond donors (Lipinski definition) is 2. The Bertz CT molecular complexity index is 1010. The molecule has 5 rings (SSSR count). The average Bonchev–Trinajstić information content (AvgIpc) is 3.27. The first-order chi connectivity index (χ1) is 13.6. The molecule has 3 atom stereocenters. The minimum absolute atomic E-state index is 0.0874. The summed E-state index contributed by atoms with van der Waals surface area (Å²) in [5.41, 5.74) is 2.37. The Kier molecular flexibility index (Phi) is 3.94. The predicted molar refractivity (Wildman–Crippen MR) is 98.0 cm³/mol. The number of benzene rings is 1. The van der Waals surface area contributed by atoms with Gasteiger partial charge in [-0.05, 0) is 24.1 Å². The van der Waals surface area contributed by atoms with Crippen molar-refractivity contribution in [3.05, 3.63) is 58.8 Å². The third kappa shape index (κ3) is 2.53. The SMILES string of the molecule is CCc1ccc(NC2=CC(=O)c3c(nc4n3[C@H]3OC[C@@H](O)[C@H]3OC4)C2=O)cc1. The standard InChI is InChI=1S/C20H19N3O5/c1-2-10-3-5-11(6-4-10)21-12-7-13(24)17-16(18(12)26)22-15-9-27-19-14(25)8-28-20(19)23(15)17/h3-7,14,19-21,25H,2,8-9H2,1H3/t14-,19-,20+/m1/s1. The van der Waals surface area contributed by atoms with Gasteiger partial charge in [0.25, 0.3) is 0 Å². The molecule has 1 aromatic heterocycles. The monoisotopic (exact) mass is 381 g/mol. The molecule has 144 valence electrons. The smallest absolute Gasteiger partial charge is 0.230 e. The summed E-state index contributed by atoms with van der Waals surface area (Å²) in [4.78, 5) is 30.2. The third-order valence-electron chi connectivity index (χ3n) is 5.35. The van der Waals surface area contributed by atoms with Gasteiger partial charge in [0, 0.05) is 11.8 Å². The summed E-state index contributed by atoms with van der Waals surface area (Å²) < 4.78 is 12.8. The van der Waals surface area contributed by atoms with Gasteiger partial charge in [0.2, 0.25) is 11.6 Å². The largest absolute Gasteiger partial charge is 0.388 e. The average molecular weight is 381 g/mol. The number of anilines is 1. The first-order valence-corrected chi connectivity index (χ1v) is 9.26. The van der Waals surface area contributed by atoms with Crippen molar-refractivity contribution in [3.63, 3.8) is 0 Å². The van der Waals surface area contributed by atoms with Gasteiger partial charge in [-0.25, -0.2) is 4.98 Å². The summed E-state index contributed by atoms with van der Waals surface area (Å²) in [7, 11) is 0. The molecule has 8 heteroatoms. The number of aryl methyl sites for hydroxylation is 1. The van der Waals surface area contributed by atoms with Crippen LogP contribution in [0.5, 0.6) is 0 Å². The Balaban J connectivity index is 1.49. The number of aromatic nitrogens is 2. The normalized spacial score (nSPS) is 25.8. The number of Topliss-reactive ketones (excluding diaryl/α,β-unsaturated/α-hetero) is 1. The van der Waals surface area contributed by atoms with Crippen LogP contribution in [0.1, 0.15) is 45.5 Å². The molecule has 0 saturated carbocycles. The number of ether oxygens (including phenoxy) is 2. The van der Waals surface area contributed by atoms with Crippen molar-refractivity contribution in [1.29, 1.82) is 0 Å². The second-order valence-electron chi connectivity index (χ2n) is 7.09. The molecule has 2 aliphatic heterocycles. The zero-order chi connectivity index (χ0) is 19.4. The van der Waals surface area contributed by atoms with Crippen molar-refractivity contribution >= 4 is 17.3 Å². The topological polar surface area (TPSA) is 103 Å². The van der Waals surface area contributed by atoms with Crippen LogP contribution < -0.4 is 5.32 Å². The molecule has 3 aliphatic rings. The second-order valence-corrected chi connectivity index (χ2v) is 7.09. The Labute approximate surface area is 160 Å². The highest BCUT2D eigenvalue weighted by atomic mass is 16.6. The first-order valence-electron chi connectivity index (χ1n) is 9.26. The molecule has 0 bridgehead atoms. The maximum absolute atomic E-state index is 13.0. The predicted octanol–water partition coefficient (Wildman–Crippen LogP) is 1.61. The molecular weight excluding hydrogens is 362 g/mol. The number of ketones is 2. The van der Waals surface area contributed by atoms with Crippen LogP contribution in [0.2, 0.25) is 0 Å². The number of aliphatic hydroxyl groups is 1. The van der Waals surface area contributed by atoms with E-state index >= 15 is 0 Å². The van der Waals surface area contributed by atoms with E-state index in [1.807, 2.05) is 24.3 Å². The van der Waals surface area contributed by atoms with Crippen molar-refractivity contribution in [2.45, 2.75) is 38.4 Å². The lowest BCUT2D eigenvalue weighted by molar-refractivity contribution is -0.0992. The van der Waals surface area contributed by atoms with E-state index in [2.05, 4.69) is 17.2 Å². The van der Waals surface area contributed by atoms with E-state index in [0.717, 1.165) is 12.1 Å². The second kappa shape index (κ2) is 6.37. The molecule has 8 nitrogen and oxygen atoms in total. The Hall–Kier alpha value is -2.81. The number of hydrogen-bond acceptors (Lipinski definition) is 7. The van der Waals surface area contributed by atoms with Gasteiger partial charge in [0.15, 0.2) is 6.23 Å². The highest BCUT2D eigenvalue weighted by molar-refractivity contribution is 6.24. The highest BCUT2D eigenvalue weighted by Gasteiger charge is 2.46. The van der Waals surface area contributed by atoms with E-state index in [4.69, 9.17) is 9.47 Å². The highest BCUT2D eigenvalue weighted by Crippen LogP contribution is 2.37. The van der Waals surface area contributed by atoms with Crippen molar-refractivity contribution in [1.82, 2.24) is 9.55 Å². The van der Waals surface area contributed by atoms with Crippen LogP contribution in [0.4, 0.5) is 5.69 Å². The number of nitrogens with one attached hydrogen (secondary N) is 1. The van der Waals surface area contributed by atoms with Crippen LogP contribution in [-0.4, -0.2) is 45.0 Å². The van der Waals surface area contributed by atoms with Crippen LogP contribution in [0.3, 0.4) is 0 Å². The molecule has 28 heavy (non-hydrogen) atoms. The van der Waals surface area contributed by atoms with Gasteiger partial charge in [-0.3, -0.25) is 14.2 Å². The summed E-state index contributed by atoms with van der Waals surface area (Å²) in [6.45, 7) is 2.29. The number of aliphatic hydroxyl groups excluding tert-OH is 1. The molecule has 0 spiro atoms. The van der Waals surface area contributed by atoms with Gasteiger partial charge in [0.05, 0.1) is 12.3 Å². The van der Waals surface area contributed by atoms with Crippen molar-refractivity contribution in [2.75, 3.05) is 11.9 Å². The van der Waals surface area contributed by atoms with Crippen molar-refractivity contribution < 1.29 is 24.2 Å². The molecule has 1 fully saturated rings. The van der Waals surface area contributed by atoms with E-state index in [1.165, 1.54) is 11.6 Å². The molecule has 0 radical (unpaired) electrons. The number of nitrogens with zero attached hydrogens (tertiary/aromatic N) is 2. The minimum Gasteiger partial charge on any atom is -0.388 e. The number of carbonyl (C=O) groups is 2. The molecule has 2 aromatic rings. The molecule has 0 amide bonds. The van der Waals surface area contributed by atoms with Gasteiger partial charge in [-0.1, -0.05) is 19.1 Å². The van der Waals surface area contributed by atoms with Crippen LogP contribution in [0.25, 0.3) is 0 Å². The van der Waals surface area contributed by atoms with Gasteiger partial charge in [-0.15, -0.1) is 0 Å². The molecule has 1 aromatic carbocycles. The van der Waals surface area contributed by atoms with Crippen molar-refractivity contribution in [2.24, 2.45) is 0 Å². The van der Waals surface area contributed by atoms with Crippen LogP contribution in [0, 0.1) is 0 Å². The fraction of sp³-hybridized carbons (Fsp3) is 0.350. The quantitative estimate of drug-likeness (QED) is 0.833. The third-order valence-corrected chi connectivity index (χ3v) is 5.35. The molecule has 3 heterocycles. The number of fused-ring (bicyclic) bond motifs is 5. The van der Waals surface area contributed by atoms with Gasteiger partial charge < -0.3 is 19.9 Å². The van der Waals surface area contributed by atoms with Gasteiger partial charge in [-0.2, -0.15) is 0 Å². The minimum atomic E-state index is -0.774. The summed E-state index contributed by atoms with van der Waals surface area (Å²) in [6, 6.07) is 7.69. The fourth-order valence-corrected chi connectivity index (χ4v) is 3.88. The molecule has 1 aliphatic carbocycles.